The molecule has 176 valence electrons. The van der Waals surface area contributed by atoms with Gasteiger partial charge in [0.1, 0.15) is 5.58 Å². The highest BCUT2D eigenvalue weighted by molar-refractivity contribution is 5.93. The van der Waals surface area contributed by atoms with Crippen molar-refractivity contribution in [2.24, 2.45) is 0 Å². The molecule has 0 aliphatic heterocycles. The van der Waals surface area contributed by atoms with E-state index in [1.807, 2.05) is 62.5 Å². The number of fused-ring (bicyclic) bond motifs is 2. The molecule has 0 unspecified atom stereocenters. The largest absolute Gasteiger partial charge is 0.423 e. The maximum atomic E-state index is 12.7. The van der Waals surface area contributed by atoms with Crippen molar-refractivity contribution in [3.8, 4) is 11.1 Å². The van der Waals surface area contributed by atoms with Crippen LogP contribution in [0.25, 0.3) is 27.7 Å². The van der Waals surface area contributed by atoms with Crippen molar-refractivity contribution < 1.29 is 9.21 Å². The monoisotopic (exact) mass is 466 g/mol. The third-order valence-corrected chi connectivity index (χ3v) is 6.40. The molecule has 0 aliphatic rings. The molecule has 35 heavy (non-hydrogen) atoms. The summed E-state index contributed by atoms with van der Waals surface area (Å²) < 4.78 is 7.17. The molecule has 7 nitrogen and oxygen atoms in total. The van der Waals surface area contributed by atoms with E-state index in [9.17, 15) is 9.59 Å². The van der Waals surface area contributed by atoms with Gasteiger partial charge in [-0.2, -0.15) is 5.10 Å². The van der Waals surface area contributed by atoms with Crippen molar-refractivity contribution in [3.05, 3.63) is 93.2 Å². The van der Waals surface area contributed by atoms with Crippen LogP contribution in [-0.4, -0.2) is 20.5 Å². The highest BCUT2D eigenvalue weighted by Gasteiger charge is 2.18. The highest BCUT2D eigenvalue weighted by Crippen LogP contribution is 2.29. The Hall–Kier alpha value is -4.26. The first-order chi connectivity index (χ1) is 16.8. The lowest BCUT2D eigenvalue weighted by atomic mass is 10.0. The maximum Gasteiger partial charge on any atom is 0.336 e. The number of rotatable bonds is 5. The van der Waals surface area contributed by atoms with E-state index in [-0.39, 0.29) is 12.3 Å². The van der Waals surface area contributed by atoms with E-state index in [4.69, 9.17) is 14.5 Å². The topological polar surface area (TPSA) is 89.5 Å². The molecule has 0 fully saturated rings. The van der Waals surface area contributed by atoms with E-state index in [0.29, 0.717) is 17.7 Å². The molecule has 0 saturated carbocycles. The van der Waals surface area contributed by atoms with Crippen LogP contribution in [0.2, 0.25) is 0 Å². The van der Waals surface area contributed by atoms with Crippen LogP contribution < -0.4 is 10.9 Å². The van der Waals surface area contributed by atoms with Crippen LogP contribution in [0.15, 0.2) is 63.8 Å². The van der Waals surface area contributed by atoms with Crippen LogP contribution >= 0.6 is 0 Å². The van der Waals surface area contributed by atoms with Crippen LogP contribution in [0.3, 0.4) is 0 Å². The second-order valence-corrected chi connectivity index (χ2v) is 8.83. The molecule has 5 rings (SSSR count). The lowest BCUT2D eigenvalue weighted by Crippen LogP contribution is -2.14. The molecule has 0 radical (unpaired) electrons. The number of aryl methyl sites for hydroxylation is 4. The number of anilines is 1. The van der Waals surface area contributed by atoms with Gasteiger partial charge in [0, 0.05) is 46.6 Å². The Bertz CT molecular complexity index is 1650. The number of hydrogen-bond donors (Lipinski definition) is 1. The van der Waals surface area contributed by atoms with Gasteiger partial charge < -0.3 is 9.73 Å². The van der Waals surface area contributed by atoms with Gasteiger partial charge in [0.05, 0.1) is 5.69 Å². The summed E-state index contributed by atoms with van der Waals surface area (Å²) in [6.07, 6.45) is 0.824. The standard InChI is InChI=1S/C28H26N4O3/c1-16-14-26(34)35-24-15-21(10-11-22(16)24)30-25(33)13-12-23-17(2)29-28-27(20-8-6-5-7-9-20)18(3)31-32(28)19(23)4/h5-11,14-15H,12-13H2,1-4H3,(H,30,33). The summed E-state index contributed by atoms with van der Waals surface area (Å²) in [4.78, 5) is 29.3. The van der Waals surface area contributed by atoms with Crippen molar-refractivity contribution in [1.29, 1.82) is 0 Å². The third kappa shape index (κ3) is 4.21. The molecular weight excluding hydrogens is 440 g/mol. The first kappa shape index (κ1) is 22.5. The van der Waals surface area contributed by atoms with E-state index in [1.165, 1.54) is 6.07 Å². The molecule has 0 aliphatic carbocycles. The Morgan fingerprint density at radius 3 is 2.54 bits per heavy atom. The third-order valence-electron chi connectivity index (χ3n) is 6.40. The maximum absolute atomic E-state index is 12.7. The van der Waals surface area contributed by atoms with Crippen molar-refractivity contribution in [3.63, 3.8) is 0 Å². The van der Waals surface area contributed by atoms with Crippen LogP contribution in [0, 0.1) is 27.7 Å². The van der Waals surface area contributed by atoms with E-state index in [2.05, 4.69) is 17.4 Å². The van der Waals surface area contributed by atoms with Crippen LogP contribution in [0.4, 0.5) is 5.69 Å². The summed E-state index contributed by atoms with van der Waals surface area (Å²) in [5.41, 5.74) is 8.21. The Kier molecular flexibility index (Phi) is 5.68. The van der Waals surface area contributed by atoms with Gasteiger partial charge in [-0.25, -0.2) is 14.3 Å². The SMILES string of the molecule is Cc1nc2c(-c3ccccc3)c(C)nn2c(C)c1CCC(=O)Nc1ccc2c(C)cc(=O)oc2c1. The number of nitrogens with one attached hydrogen (secondary N) is 1. The van der Waals surface area contributed by atoms with E-state index in [0.717, 1.165) is 50.4 Å². The van der Waals surface area contributed by atoms with E-state index < -0.39 is 5.63 Å². The quantitative estimate of drug-likeness (QED) is 0.355. The average molecular weight is 467 g/mol. The number of aromatic nitrogens is 3. The van der Waals surface area contributed by atoms with Crippen molar-refractivity contribution in [1.82, 2.24) is 14.6 Å². The van der Waals surface area contributed by atoms with Crippen LogP contribution in [0.5, 0.6) is 0 Å². The molecule has 0 spiro atoms. The zero-order valence-corrected chi connectivity index (χ0v) is 20.2. The molecule has 2 aromatic carbocycles. The molecule has 0 bridgehead atoms. The van der Waals surface area contributed by atoms with Gasteiger partial charge in [-0.1, -0.05) is 30.3 Å². The molecule has 0 saturated heterocycles. The van der Waals surface area contributed by atoms with Gasteiger partial charge in [0.15, 0.2) is 5.65 Å². The van der Waals surface area contributed by atoms with Gasteiger partial charge in [-0.3, -0.25) is 4.79 Å². The Labute approximate surface area is 202 Å². The van der Waals surface area contributed by atoms with E-state index in [1.54, 1.807) is 6.07 Å². The number of amides is 1. The summed E-state index contributed by atoms with van der Waals surface area (Å²) in [5.74, 6) is -0.125. The fourth-order valence-corrected chi connectivity index (χ4v) is 4.64. The number of hydrogen-bond acceptors (Lipinski definition) is 5. The van der Waals surface area contributed by atoms with Gasteiger partial charge in [-0.15, -0.1) is 0 Å². The number of nitrogens with zero attached hydrogens (tertiary/aromatic N) is 3. The molecule has 1 N–H and O–H groups in total. The summed E-state index contributed by atoms with van der Waals surface area (Å²) in [6.45, 7) is 7.85. The van der Waals surface area contributed by atoms with Gasteiger partial charge in [0.25, 0.3) is 0 Å². The summed E-state index contributed by atoms with van der Waals surface area (Å²) in [5, 5.41) is 8.50. The predicted molar refractivity (Wildman–Crippen MR) is 137 cm³/mol. The second kappa shape index (κ2) is 8.83. The zero-order valence-electron chi connectivity index (χ0n) is 20.2. The molecule has 1 amide bonds. The molecular formula is C28H26N4O3. The minimum absolute atomic E-state index is 0.125. The second-order valence-electron chi connectivity index (χ2n) is 8.83. The average Bonchev–Trinajstić information content (AvgIpc) is 3.15. The number of carbonyl (C=O) groups is 1. The summed E-state index contributed by atoms with van der Waals surface area (Å²) in [7, 11) is 0. The number of carbonyl (C=O) groups excluding carboxylic acids is 1. The van der Waals surface area contributed by atoms with Crippen LogP contribution in [-0.2, 0) is 11.2 Å². The minimum atomic E-state index is -0.406. The van der Waals surface area contributed by atoms with Gasteiger partial charge in [0.2, 0.25) is 5.91 Å². The number of benzene rings is 2. The van der Waals surface area contributed by atoms with Crippen molar-refractivity contribution in [2.45, 2.75) is 40.5 Å². The normalized spacial score (nSPS) is 11.3. The fourth-order valence-electron chi connectivity index (χ4n) is 4.64. The molecule has 3 aromatic heterocycles. The molecule has 5 aromatic rings. The summed E-state index contributed by atoms with van der Waals surface area (Å²) >= 11 is 0. The Morgan fingerprint density at radius 2 is 1.77 bits per heavy atom. The highest BCUT2D eigenvalue weighted by atomic mass is 16.4. The predicted octanol–water partition coefficient (Wildman–Crippen LogP) is 5.31. The first-order valence-electron chi connectivity index (χ1n) is 11.6. The van der Waals surface area contributed by atoms with E-state index >= 15 is 0 Å². The lowest BCUT2D eigenvalue weighted by molar-refractivity contribution is -0.116. The Balaban J connectivity index is 1.38. The molecule has 3 heterocycles. The lowest BCUT2D eigenvalue weighted by Gasteiger charge is -2.12. The fraction of sp³-hybridized carbons (Fsp3) is 0.214. The molecule has 0 atom stereocenters. The summed E-state index contributed by atoms with van der Waals surface area (Å²) in [6, 6.07) is 16.9. The van der Waals surface area contributed by atoms with Crippen molar-refractivity contribution in [2.75, 3.05) is 5.32 Å². The smallest absolute Gasteiger partial charge is 0.336 e. The van der Waals surface area contributed by atoms with Gasteiger partial charge >= 0.3 is 5.63 Å². The first-order valence-corrected chi connectivity index (χ1v) is 11.6. The molecule has 7 heteroatoms. The van der Waals surface area contributed by atoms with Gasteiger partial charge in [-0.05, 0) is 62.9 Å². The minimum Gasteiger partial charge on any atom is -0.423 e. The van der Waals surface area contributed by atoms with Crippen LogP contribution in [0.1, 0.15) is 34.6 Å². The van der Waals surface area contributed by atoms with Crippen molar-refractivity contribution >= 4 is 28.2 Å². The Morgan fingerprint density at radius 1 is 1.00 bits per heavy atom. The zero-order chi connectivity index (χ0) is 24.7.